The van der Waals surface area contributed by atoms with E-state index < -0.39 is 5.97 Å². The predicted octanol–water partition coefficient (Wildman–Crippen LogP) is 4.89. The number of rotatable bonds is 8. The topological polar surface area (TPSA) is 137 Å². The molecular weight excluding hydrogens is 596 g/mol. The van der Waals surface area contributed by atoms with Gasteiger partial charge in [0.2, 0.25) is 0 Å². The van der Waals surface area contributed by atoms with Gasteiger partial charge in [0.05, 0.1) is 12.2 Å². The van der Waals surface area contributed by atoms with Crippen molar-refractivity contribution in [3.8, 4) is 11.3 Å². The van der Waals surface area contributed by atoms with Crippen LogP contribution in [0.1, 0.15) is 52.6 Å². The number of nitrogens with zero attached hydrogens (tertiary/aromatic N) is 4. The van der Waals surface area contributed by atoms with Crippen LogP contribution in [0.4, 0.5) is 17.2 Å². The molecule has 2 amide bonds. The third-order valence-electron chi connectivity index (χ3n) is 8.36. The minimum Gasteiger partial charge on any atom is -0.480 e. The molecule has 11 nitrogen and oxygen atoms in total. The molecular formula is C36H40N6O5. The van der Waals surface area contributed by atoms with E-state index >= 15 is 0 Å². The summed E-state index contributed by atoms with van der Waals surface area (Å²) in [7, 11) is 1.65. The van der Waals surface area contributed by atoms with E-state index in [0.29, 0.717) is 54.4 Å². The van der Waals surface area contributed by atoms with E-state index in [4.69, 9.17) is 5.11 Å². The smallest absolute Gasteiger partial charge is 0.317 e. The lowest BCUT2D eigenvalue weighted by molar-refractivity contribution is -0.138. The van der Waals surface area contributed by atoms with Gasteiger partial charge in [-0.05, 0) is 65.9 Å². The first-order chi connectivity index (χ1) is 22.3. The summed E-state index contributed by atoms with van der Waals surface area (Å²) in [4.78, 5) is 58.3. The number of carboxylic acids is 1. The molecule has 2 heterocycles. The lowest BCUT2D eigenvalue weighted by Gasteiger charge is -2.33. The first kappa shape index (κ1) is 33.1. The Morgan fingerprint density at radius 2 is 1.53 bits per heavy atom. The summed E-state index contributed by atoms with van der Waals surface area (Å²) in [5, 5.41) is 15.1. The van der Waals surface area contributed by atoms with E-state index in [9.17, 15) is 19.2 Å². The Kier molecular flexibility index (Phi) is 9.57. The van der Waals surface area contributed by atoms with Crippen LogP contribution in [0.3, 0.4) is 0 Å². The number of nitrogens with one attached hydrogen (secondary N) is 2. The molecule has 0 saturated carbocycles. The number of carboxylic acid groups (broad SMARTS) is 1. The van der Waals surface area contributed by atoms with Crippen molar-refractivity contribution in [2.75, 3.05) is 43.4 Å². The SMILES string of the molecule is Cc1c(NC(=O)c2ccc(C(C)(C)C)cc2)cccc1-c1cn(C)c(=O)c(Nc2ccc(C(=O)N3CCN(CC(=O)O)CC3)cc2)n1. The number of carbonyl (C=O) groups excluding carboxylic acids is 2. The van der Waals surface area contributed by atoms with Crippen LogP contribution < -0.4 is 16.2 Å². The third kappa shape index (κ3) is 7.75. The molecule has 0 unspecified atom stereocenters. The van der Waals surface area contributed by atoms with E-state index in [2.05, 4.69) is 36.4 Å². The second-order valence-electron chi connectivity index (χ2n) is 12.8. The van der Waals surface area contributed by atoms with Gasteiger partial charge in [0, 0.05) is 67.5 Å². The largest absolute Gasteiger partial charge is 0.480 e. The van der Waals surface area contributed by atoms with Gasteiger partial charge in [0.15, 0.2) is 5.82 Å². The Morgan fingerprint density at radius 1 is 0.894 bits per heavy atom. The van der Waals surface area contributed by atoms with Crippen molar-refractivity contribution in [1.29, 1.82) is 0 Å². The van der Waals surface area contributed by atoms with Crippen LogP contribution in [0.25, 0.3) is 11.3 Å². The highest BCUT2D eigenvalue weighted by molar-refractivity contribution is 6.05. The molecule has 47 heavy (non-hydrogen) atoms. The molecule has 0 aliphatic carbocycles. The summed E-state index contributed by atoms with van der Waals surface area (Å²) >= 11 is 0. The molecule has 0 spiro atoms. The number of aryl methyl sites for hydroxylation is 1. The van der Waals surface area contributed by atoms with Crippen molar-refractivity contribution < 1.29 is 19.5 Å². The lowest BCUT2D eigenvalue weighted by atomic mass is 9.86. The van der Waals surface area contributed by atoms with Crippen LogP contribution in [-0.4, -0.2) is 75.0 Å². The fraction of sp³-hybridized carbons (Fsp3) is 0.306. The van der Waals surface area contributed by atoms with Crippen LogP contribution in [0.2, 0.25) is 0 Å². The number of carbonyl (C=O) groups is 3. The van der Waals surface area contributed by atoms with Gasteiger partial charge in [0.25, 0.3) is 17.4 Å². The van der Waals surface area contributed by atoms with Crippen LogP contribution in [0, 0.1) is 6.92 Å². The molecule has 0 bridgehead atoms. The maximum atomic E-state index is 13.1. The minimum absolute atomic E-state index is 0.0119. The number of hydrogen-bond acceptors (Lipinski definition) is 7. The molecule has 4 aromatic rings. The standard InChI is InChI=1S/C36H40N6O5/c1-23-28(7-6-8-29(23)39-33(45)24-9-13-26(14-10-24)36(2,3)4)30-21-40(5)35(47)32(38-30)37-27-15-11-25(12-16-27)34(46)42-19-17-41(18-20-42)22-31(43)44/h6-16,21H,17-20,22H2,1-5H3,(H,37,38)(H,39,45)(H,43,44). The number of aromatic nitrogens is 2. The number of anilines is 3. The van der Waals surface area contributed by atoms with Gasteiger partial charge in [-0.15, -0.1) is 0 Å². The molecule has 1 aliphatic heterocycles. The second kappa shape index (κ2) is 13.6. The maximum Gasteiger partial charge on any atom is 0.317 e. The lowest BCUT2D eigenvalue weighted by Crippen LogP contribution is -2.49. The van der Waals surface area contributed by atoms with Gasteiger partial charge in [-0.25, -0.2) is 4.98 Å². The van der Waals surface area contributed by atoms with Gasteiger partial charge in [0.1, 0.15) is 0 Å². The molecule has 3 aromatic carbocycles. The summed E-state index contributed by atoms with van der Waals surface area (Å²) < 4.78 is 1.45. The molecule has 0 atom stereocenters. The normalized spacial score (nSPS) is 13.7. The highest BCUT2D eigenvalue weighted by Gasteiger charge is 2.23. The highest BCUT2D eigenvalue weighted by atomic mass is 16.4. The van der Waals surface area contributed by atoms with Gasteiger partial charge < -0.3 is 25.2 Å². The molecule has 1 aliphatic rings. The number of piperazine rings is 1. The van der Waals surface area contributed by atoms with Crippen LogP contribution in [0.15, 0.2) is 77.7 Å². The first-order valence-corrected chi connectivity index (χ1v) is 15.5. The van der Waals surface area contributed by atoms with Crippen molar-refractivity contribution >= 4 is 35.0 Å². The predicted molar refractivity (Wildman–Crippen MR) is 182 cm³/mol. The monoisotopic (exact) mass is 636 g/mol. The molecule has 1 aromatic heterocycles. The van der Waals surface area contributed by atoms with E-state index in [1.165, 1.54) is 4.57 Å². The zero-order chi connectivity index (χ0) is 33.9. The summed E-state index contributed by atoms with van der Waals surface area (Å²) in [6, 6.07) is 20.0. The maximum absolute atomic E-state index is 13.1. The average Bonchev–Trinajstić information content (AvgIpc) is 3.04. The Hall–Kier alpha value is -5.29. The van der Waals surface area contributed by atoms with E-state index in [1.54, 1.807) is 47.3 Å². The molecule has 3 N–H and O–H groups in total. The molecule has 0 radical (unpaired) electrons. The van der Waals surface area contributed by atoms with Crippen molar-refractivity contribution in [2.24, 2.45) is 7.05 Å². The highest BCUT2D eigenvalue weighted by Crippen LogP contribution is 2.29. The summed E-state index contributed by atoms with van der Waals surface area (Å²) in [5.41, 5.74) is 5.20. The number of benzene rings is 3. The van der Waals surface area contributed by atoms with Gasteiger partial charge >= 0.3 is 5.97 Å². The fourth-order valence-electron chi connectivity index (χ4n) is 5.50. The molecule has 1 fully saturated rings. The van der Waals surface area contributed by atoms with E-state index in [1.807, 2.05) is 49.4 Å². The average molecular weight is 637 g/mol. The zero-order valence-electron chi connectivity index (χ0n) is 27.3. The fourth-order valence-corrected chi connectivity index (χ4v) is 5.50. The number of amides is 2. The first-order valence-electron chi connectivity index (χ1n) is 15.5. The number of aliphatic carboxylic acids is 1. The zero-order valence-corrected chi connectivity index (χ0v) is 27.3. The van der Waals surface area contributed by atoms with Gasteiger partial charge in [-0.1, -0.05) is 45.0 Å². The third-order valence-corrected chi connectivity index (χ3v) is 8.36. The summed E-state index contributed by atoms with van der Waals surface area (Å²) in [6.45, 7) is 10.2. The van der Waals surface area contributed by atoms with Crippen molar-refractivity contribution in [3.05, 3.63) is 106 Å². The van der Waals surface area contributed by atoms with Crippen LogP contribution in [-0.2, 0) is 17.3 Å². The van der Waals surface area contributed by atoms with Crippen LogP contribution >= 0.6 is 0 Å². The molecule has 244 valence electrons. The second-order valence-corrected chi connectivity index (χ2v) is 12.8. The van der Waals surface area contributed by atoms with Gasteiger partial charge in [-0.2, -0.15) is 0 Å². The molecule has 5 rings (SSSR count). The Labute approximate surface area is 273 Å². The van der Waals surface area contributed by atoms with Crippen molar-refractivity contribution in [1.82, 2.24) is 19.4 Å². The molecule has 1 saturated heterocycles. The molecule has 11 heteroatoms. The Bertz CT molecular complexity index is 1850. The Balaban J connectivity index is 1.30. The van der Waals surface area contributed by atoms with Crippen LogP contribution in [0.5, 0.6) is 0 Å². The summed E-state index contributed by atoms with van der Waals surface area (Å²) in [6.07, 6.45) is 1.66. The van der Waals surface area contributed by atoms with E-state index in [0.717, 1.165) is 16.7 Å². The van der Waals surface area contributed by atoms with E-state index in [-0.39, 0.29) is 35.2 Å². The quantitative estimate of drug-likeness (QED) is 0.249. The van der Waals surface area contributed by atoms with Gasteiger partial charge in [-0.3, -0.25) is 24.1 Å². The number of hydrogen-bond donors (Lipinski definition) is 3. The summed E-state index contributed by atoms with van der Waals surface area (Å²) in [5.74, 6) is -1.12. The van der Waals surface area contributed by atoms with Crippen molar-refractivity contribution in [2.45, 2.75) is 33.1 Å². The Morgan fingerprint density at radius 3 is 2.15 bits per heavy atom. The van der Waals surface area contributed by atoms with Crippen molar-refractivity contribution in [3.63, 3.8) is 0 Å². The minimum atomic E-state index is -0.881.